The molecule has 192 valence electrons. The van der Waals surface area contributed by atoms with E-state index in [1.807, 2.05) is 4.90 Å². The van der Waals surface area contributed by atoms with Crippen molar-refractivity contribution in [3.63, 3.8) is 0 Å². The molecule has 1 saturated heterocycles. The van der Waals surface area contributed by atoms with E-state index >= 15 is 0 Å². The third-order valence-corrected chi connectivity index (χ3v) is 7.96. The second kappa shape index (κ2) is 10.4. The molecule has 1 N–H and O–H groups in total. The number of carbonyl (C=O) groups excluding carboxylic acids is 2. The second-order valence-corrected chi connectivity index (χ2v) is 10.2. The molecule has 2 aliphatic carbocycles. The van der Waals surface area contributed by atoms with E-state index in [2.05, 4.69) is 4.98 Å². The zero-order valence-electron chi connectivity index (χ0n) is 20.6. The summed E-state index contributed by atoms with van der Waals surface area (Å²) in [6.07, 6.45) is 8.27. The van der Waals surface area contributed by atoms with E-state index in [0.29, 0.717) is 55.8 Å². The fourth-order valence-electron chi connectivity index (χ4n) is 5.88. The maximum Gasteiger partial charge on any atom is 0.328 e. The summed E-state index contributed by atoms with van der Waals surface area (Å²) in [6.45, 7) is 1.85. The van der Waals surface area contributed by atoms with Gasteiger partial charge in [-0.25, -0.2) is 9.18 Å². The molecule has 0 spiro atoms. The van der Waals surface area contributed by atoms with Gasteiger partial charge in [0.2, 0.25) is 5.91 Å². The SMILES string of the molecule is O=C(c1ccc(F)c(Cn2c3c(c(=O)[nH]c2=O)CCCC3)c1)N1CCN(C(=O)C2CCCCC2)CC1. The molecule has 8 nitrogen and oxygen atoms in total. The Morgan fingerprint density at radius 3 is 2.36 bits per heavy atom. The number of H-pyrrole nitrogens is 1. The fraction of sp³-hybridized carbons (Fsp3) is 0.556. The van der Waals surface area contributed by atoms with Gasteiger partial charge in [0.25, 0.3) is 11.5 Å². The van der Waals surface area contributed by atoms with Gasteiger partial charge >= 0.3 is 5.69 Å². The molecule has 2 fully saturated rings. The molecule has 1 aromatic heterocycles. The van der Waals surface area contributed by atoms with E-state index < -0.39 is 11.5 Å². The van der Waals surface area contributed by atoms with Gasteiger partial charge in [0.1, 0.15) is 5.82 Å². The van der Waals surface area contributed by atoms with Crippen molar-refractivity contribution in [1.82, 2.24) is 19.4 Å². The third-order valence-electron chi connectivity index (χ3n) is 7.96. The first-order valence-electron chi connectivity index (χ1n) is 13.1. The molecule has 9 heteroatoms. The molecule has 1 saturated carbocycles. The zero-order valence-corrected chi connectivity index (χ0v) is 20.6. The smallest absolute Gasteiger partial charge is 0.328 e. The van der Waals surface area contributed by atoms with Crippen molar-refractivity contribution in [2.75, 3.05) is 26.2 Å². The molecular formula is C27H33FN4O4. The summed E-state index contributed by atoms with van der Waals surface area (Å²) in [6, 6.07) is 4.23. The molecule has 0 radical (unpaired) electrons. The number of piperazine rings is 1. The van der Waals surface area contributed by atoms with Crippen LogP contribution in [0.2, 0.25) is 0 Å². The average Bonchev–Trinajstić information content (AvgIpc) is 2.92. The minimum absolute atomic E-state index is 0.0471. The summed E-state index contributed by atoms with van der Waals surface area (Å²) >= 11 is 0. The molecule has 0 bridgehead atoms. The van der Waals surface area contributed by atoms with Crippen molar-refractivity contribution < 1.29 is 14.0 Å². The quantitative estimate of drug-likeness (QED) is 0.704. The van der Waals surface area contributed by atoms with E-state index in [1.54, 1.807) is 4.90 Å². The van der Waals surface area contributed by atoms with Gasteiger partial charge in [0.05, 0.1) is 6.54 Å². The summed E-state index contributed by atoms with van der Waals surface area (Å²) in [4.78, 5) is 56.8. The number of hydrogen-bond acceptors (Lipinski definition) is 4. The molecule has 0 atom stereocenters. The number of nitrogens with one attached hydrogen (secondary N) is 1. The standard InChI is InChI=1S/C27H33FN4O4/c28-22-11-10-19(16-20(22)17-32-23-9-5-4-8-21(23)24(33)29-27(32)36)26(35)31-14-12-30(13-15-31)25(34)18-6-2-1-3-7-18/h10-11,16,18H,1-9,12-15,17H2,(H,29,33,36). The highest BCUT2D eigenvalue weighted by molar-refractivity contribution is 5.94. The van der Waals surface area contributed by atoms with Gasteiger partial charge in [-0.15, -0.1) is 0 Å². The lowest BCUT2D eigenvalue weighted by molar-refractivity contribution is -0.138. The summed E-state index contributed by atoms with van der Waals surface area (Å²) < 4.78 is 16.2. The molecule has 3 aliphatic rings. The van der Waals surface area contributed by atoms with E-state index in [4.69, 9.17) is 0 Å². The number of fused-ring (bicyclic) bond motifs is 1. The highest BCUT2D eigenvalue weighted by Crippen LogP contribution is 2.26. The Balaban J connectivity index is 1.30. The number of aromatic amines is 1. The first-order valence-corrected chi connectivity index (χ1v) is 13.1. The highest BCUT2D eigenvalue weighted by atomic mass is 19.1. The Labute approximate surface area is 209 Å². The Morgan fingerprint density at radius 1 is 0.917 bits per heavy atom. The van der Waals surface area contributed by atoms with Gasteiger partial charge < -0.3 is 9.80 Å². The van der Waals surface area contributed by atoms with Crippen LogP contribution in [0.15, 0.2) is 27.8 Å². The lowest BCUT2D eigenvalue weighted by atomic mass is 9.88. The van der Waals surface area contributed by atoms with E-state index in [1.165, 1.54) is 29.2 Å². The number of halogens is 1. The fourth-order valence-corrected chi connectivity index (χ4v) is 5.88. The van der Waals surface area contributed by atoms with Gasteiger partial charge in [-0.1, -0.05) is 19.3 Å². The average molecular weight is 497 g/mol. The number of benzene rings is 1. The van der Waals surface area contributed by atoms with Crippen LogP contribution in [0, 0.1) is 11.7 Å². The van der Waals surface area contributed by atoms with Crippen LogP contribution in [-0.4, -0.2) is 57.3 Å². The minimum atomic E-state index is -0.560. The van der Waals surface area contributed by atoms with Gasteiger partial charge in [0, 0.05) is 54.5 Å². The molecular weight excluding hydrogens is 463 g/mol. The van der Waals surface area contributed by atoms with Crippen molar-refractivity contribution >= 4 is 11.8 Å². The van der Waals surface area contributed by atoms with E-state index in [9.17, 15) is 23.6 Å². The Hall–Kier alpha value is -3.23. The highest BCUT2D eigenvalue weighted by Gasteiger charge is 2.30. The van der Waals surface area contributed by atoms with Crippen molar-refractivity contribution in [1.29, 1.82) is 0 Å². The molecule has 1 aromatic carbocycles. The molecule has 5 rings (SSSR count). The third kappa shape index (κ3) is 4.88. The van der Waals surface area contributed by atoms with Crippen molar-refractivity contribution in [2.45, 2.75) is 64.3 Å². The largest absolute Gasteiger partial charge is 0.339 e. The molecule has 0 unspecified atom stereocenters. The Bertz CT molecular complexity index is 1270. The van der Waals surface area contributed by atoms with Crippen LogP contribution in [0.25, 0.3) is 0 Å². The number of nitrogens with zero attached hydrogens (tertiary/aromatic N) is 3. The summed E-state index contributed by atoms with van der Waals surface area (Å²) in [7, 11) is 0. The summed E-state index contributed by atoms with van der Waals surface area (Å²) in [5.41, 5.74) is 0.907. The van der Waals surface area contributed by atoms with Gasteiger partial charge in [-0.2, -0.15) is 0 Å². The van der Waals surface area contributed by atoms with Crippen LogP contribution < -0.4 is 11.2 Å². The predicted octanol–water partition coefficient (Wildman–Crippen LogP) is 2.47. The molecule has 2 heterocycles. The van der Waals surface area contributed by atoms with Crippen LogP contribution >= 0.6 is 0 Å². The van der Waals surface area contributed by atoms with Gasteiger partial charge in [0.15, 0.2) is 0 Å². The number of carbonyl (C=O) groups is 2. The first-order chi connectivity index (χ1) is 17.4. The van der Waals surface area contributed by atoms with Crippen LogP contribution in [0.4, 0.5) is 4.39 Å². The van der Waals surface area contributed by atoms with Gasteiger partial charge in [-0.3, -0.25) is 23.9 Å². The van der Waals surface area contributed by atoms with Crippen LogP contribution in [-0.2, 0) is 24.2 Å². The van der Waals surface area contributed by atoms with Crippen LogP contribution in [0.1, 0.15) is 72.1 Å². The molecule has 1 aliphatic heterocycles. The van der Waals surface area contributed by atoms with Crippen molar-refractivity contribution in [3.05, 3.63) is 67.2 Å². The monoisotopic (exact) mass is 496 g/mol. The number of rotatable bonds is 4. The maximum atomic E-state index is 14.8. The van der Waals surface area contributed by atoms with Crippen molar-refractivity contribution in [3.8, 4) is 0 Å². The lowest BCUT2D eigenvalue weighted by Gasteiger charge is -2.37. The number of hydrogen-bond donors (Lipinski definition) is 1. The summed E-state index contributed by atoms with van der Waals surface area (Å²) in [5.74, 6) is -0.391. The second-order valence-electron chi connectivity index (χ2n) is 10.2. The number of amides is 2. The molecule has 36 heavy (non-hydrogen) atoms. The van der Waals surface area contributed by atoms with Crippen LogP contribution in [0.5, 0.6) is 0 Å². The lowest BCUT2D eigenvalue weighted by Crippen LogP contribution is -2.52. The van der Waals surface area contributed by atoms with Crippen molar-refractivity contribution in [2.24, 2.45) is 5.92 Å². The Kier molecular flexibility index (Phi) is 7.07. The Morgan fingerprint density at radius 2 is 1.61 bits per heavy atom. The molecule has 2 amide bonds. The minimum Gasteiger partial charge on any atom is -0.339 e. The predicted molar refractivity (Wildman–Crippen MR) is 133 cm³/mol. The maximum absolute atomic E-state index is 14.8. The normalized spacial score (nSPS) is 18.7. The topological polar surface area (TPSA) is 95.5 Å². The van der Waals surface area contributed by atoms with E-state index in [-0.39, 0.29) is 35.4 Å². The van der Waals surface area contributed by atoms with Crippen LogP contribution in [0.3, 0.4) is 0 Å². The molecule has 2 aromatic rings. The van der Waals surface area contributed by atoms with Gasteiger partial charge in [-0.05, 0) is 56.7 Å². The first kappa shape index (κ1) is 24.5. The zero-order chi connectivity index (χ0) is 25.2. The summed E-state index contributed by atoms with van der Waals surface area (Å²) in [5, 5.41) is 0. The van der Waals surface area contributed by atoms with E-state index in [0.717, 1.165) is 38.5 Å². The number of aromatic nitrogens is 2.